The van der Waals surface area contributed by atoms with E-state index in [9.17, 15) is 14.4 Å². The SMILES string of the molecule is COc1ccccc1C(=O)N(CN1CCCC1=O)c1ccc(C(N)=O)cc1. The van der Waals surface area contributed by atoms with E-state index in [-0.39, 0.29) is 18.5 Å². The summed E-state index contributed by atoms with van der Waals surface area (Å²) in [7, 11) is 1.50. The fourth-order valence-corrected chi connectivity index (χ4v) is 3.06. The second kappa shape index (κ2) is 7.90. The second-order valence-corrected chi connectivity index (χ2v) is 6.25. The first kappa shape index (κ1) is 18.4. The quantitative estimate of drug-likeness (QED) is 0.845. The zero-order valence-electron chi connectivity index (χ0n) is 15.1. The number of amides is 3. The van der Waals surface area contributed by atoms with Crippen LogP contribution in [-0.2, 0) is 4.79 Å². The predicted molar refractivity (Wildman–Crippen MR) is 101 cm³/mol. The van der Waals surface area contributed by atoms with Crippen molar-refractivity contribution >= 4 is 23.4 Å². The number of hydrogen-bond donors (Lipinski definition) is 1. The van der Waals surface area contributed by atoms with Crippen molar-refractivity contribution in [3.8, 4) is 5.75 Å². The third kappa shape index (κ3) is 3.92. The van der Waals surface area contributed by atoms with E-state index in [1.165, 1.54) is 12.0 Å². The number of nitrogens with two attached hydrogens (primary N) is 1. The number of nitrogens with zero attached hydrogens (tertiary/aromatic N) is 2. The Hall–Kier alpha value is -3.35. The molecule has 7 heteroatoms. The van der Waals surface area contributed by atoms with Crippen molar-refractivity contribution in [2.75, 3.05) is 25.2 Å². The molecule has 0 saturated carbocycles. The van der Waals surface area contributed by atoms with Gasteiger partial charge in [0.1, 0.15) is 12.4 Å². The lowest BCUT2D eigenvalue weighted by Gasteiger charge is -2.28. The molecule has 140 valence electrons. The normalized spacial score (nSPS) is 13.5. The number of para-hydroxylation sites is 1. The number of hydrogen-bond acceptors (Lipinski definition) is 4. The van der Waals surface area contributed by atoms with Crippen molar-refractivity contribution < 1.29 is 19.1 Å². The summed E-state index contributed by atoms with van der Waals surface area (Å²) in [6.07, 6.45) is 1.26. The van der Waals surface area contributed by atoms with Gasteiger partial charge in [0, 0.05) is 24.2 Å². The number of primary amides is 1. The molecule has 2 aromatic carbocycles. The number of rotatable bonds is 6. The van der Waals surface area contributed by atoms with Gasteiger partial charge in [-0.2, -0.15) is 0 Å². The predicted octanol–water partition coefficient (Wildman–Crippen LogP) is 2.02. The maximum absolute atomic E-state index is 13.3. The second-order valence-electron chi connectivity index (χ2n) is 6.25. The molecule has 0 aromatic heterocycles. The number of carbonyl (C=O) groups excluding carboxylic acids is 3. The molecule has 0 unspecified atom stereocenters. The van der Waals surface area contributed by atoms with Crippen molar-refractivity contribution in [3.63, 3.8) is 0 Å². The van der Waals surface area contributed by atoms with E-state index in [1.807, 2.05) is 0 Å². The molecule has 1 fully saturated rings. The monoisotopic (exact) mass is 367 g/mol. The molecule has 1 saturated heterocycles. The van der Waals surface area contributed by atoms with Crippen molar-refractivity contribution in [2.45, 2.75) is 12.8 Å². The van der Waals surface area contributed by atoms with E-state index in [0.717, 1.165) is 6.42 Å². The zero-order chi connectivity index (χ0) is 19.4. The lowest BCUT2D eigenvalue weighted by molar-refractivity contribution is -0.127. The Morgan fingerprint density at radius 2 is 1.85 bits per heavy atom. The molecule has 1 heterocycles. The van der Waals surface area contributed by atoms with E-state index in [1.54, 1.807) is 53.4 Å². The maximum Gasteiger partial charge on any atom is 0.263 e. The first-order chi connectivity index (χ1) is 13.0. The van der Waals surface area contributed by atoms with Crippen LogP contribution >= 0.6 is 0 Å². The summed E-state index contributed by atoms with van der Waals surface area (Å²) in [4.78, 5) is 39.8. The Morgan fingerprint density at radius 1 is 1.15 bits per heavy atom. The Bertz CT molecular complexity index is 864. The first-order valence-corrected chi connectivity index (χ1v) is 8.64. The van der Waals surface area contributed by atoms with Crippen LogP contribution in [0.4, 0.5) is 5.69 Å². The molecule has 3 rings (SSSR count). The van der Waals surface area contributed by atoms with Gasteiger partial charge in [0.25, 0.3) is 5.91 Å². The van der Waals surface area contributed by atoms with Crippen LogP contribution < -0.4 is 15.4 Å². The van der Waals surface area contributed by atoms with Crippen LogP contribution in [0.25, 0.3) is 0 Å². The average molecular weight is 367 g/mol. The van der Waals surface area contributed by atoms with Crippen LogP contribution in [0.15, 0.2) is 48.5 Å². The molecule has 2 N–H and O–H groups in total. The Kier molecular flexibility index (Phi) is 5.40. The van der Waals surface area contributed by atoms with Crippen LogP contribution in [0.3, 0.4) is 0 Å². The smallest absolute Gasteiger partial charge is 0.263 e. The van der Waals surface area contributed by atoms with Crippen molar-refractivity contribution in [3.05, 3.63) is 59.7 Å². The number of benzene rings is 2. The van der Waals surface area contributed by atoms with Gasteiger partial charge in [-0.15, -0.1) is 0 Å². The van der Waals surface area contributed by atoms with Gasteiger partial charge in [0.2, 0.25) is 11.8 Å². The molecule has 27 heavy (non-hydrogen) atoms. The molecular formula is C20H21N3O4. The molecule has 2 aromatic rings. The highest BCUT2D eigenvalue weighted by atomic mass is 16.5. The highest BCUT2D eigenvalue weighted by Crippen LogP contribution is 2.25. The number of carbonyl (C=O) groups is 3. The minimum Gasteiger partial charge on any atom is -0.496 e. The van der Waals surface area contributed by atoms with E-state index in [2.05, 4.69) is 0 Å². The maximum atomic E-state index is 13.3. The molecule has 3 amide bonds. The fraction of sp³-hybridized carbons (Fsp3) is 0.250. The fourth-order valence-electron chi connectivity index (χ4n) is 3.06. The van der Waals surface area contributed by atoms with Crippen molar-refractivity contribution in [1.29, 1.82) is 0 Å². The summed E-state index contributed by atoms with van der Waals surface area (Å²) in [5.41, 5.74) is 6.60. The summed E-state index contributed by atoms with van der Waals surface area (Å²) < 4.78 is 5.30. The van der Waals surface area contributed by atoms with E-state index in [0.29, 0.717) is 35.5 Å². The Balaban J connectivity index is 1.97. The summed E-state index contributed by atoms with van der Waals surface area (Å²) in [5, 5.41) is 0. The van der Waals surface area contributed by atoms with Gasteiger partial charge < -0.3 is 15.4 Å². The van der Waals surface area contributed by atoms with Crippen molar-refractivity contribution in [1.82, 2.24) is 4.90 Å². The van der Waals surface area contributed by atoms with Gasteiger partial charge in [0.15, 0.2) is 0 Å². The van der Waals surface area contributed by atoms with E-state index in [4.69, 9.17) is 10.5 Å². The minimum absolute atomic E-state index is 0.0154. The van der Waals surface area contributed by atoms with Crippen LogP contribution in [0.5, 0.6) is 5.75 Å². The van der Waals surface area contributed by atoms with Gasteiger partial charge >= 0.3 is 0 Å². The number of methoxy groups -OCH3 is 1. The summed E-state index contributed by atoms with van der Waals surface area (Å²) in [5.74, 6) is -0.367. The molecule has 1 aliphatic heterocycles. The largest absolute Gasteiger partial charge is 0.496 e. The standard InChI is InChI=1S/C20H21N3O4/c1-27-17-6-3-2-5-16(17)20(26)23(13-22-12-4-7-18(22)24)15-10-8-14(9-11-15)19(21)25/h2-3,5-6,8-11H,4,7,12-13H2,1H3,(H2,21,25). The van der Waals surface area contributed by atoms with Gasteiger partial charge in [-0.05, 0) is 42.8 Å². The van der Waals surface area contributed by atoms with Gasteiger partial charge in [-0.3, -0.25) is 19.3 Å². The number of likely N-dealkylation sites (tertiary alicyclic amines) is 1. The molecule has 0 atom stereocenters. The Labute approximate surface area is 157 Å². The molecule has 0 radical (unpaired) electrons. The molecular weight excluding hydrogens is 346 g/mol. The number of anilines is 1. The first-order valence-electron chi connectivity index (χ1n) is 8.64. The summed E-state index contributed by atoms with van der Waals surface area (Å²) >= 11 is 0. The van der Waals surface area contributed by atoms with Gasteiger partial charge in [-0.25, -0.2) is 0 Å². The lowest BCUT2D eigenvalue weighted by Crippen LogP contribution is -2.42. The van der Waals surface area contributed by atoms with Crippen LogP contribution in [0.1, 0.15) is 33.6 Å². The topological polar surface area (TPSA) is 92.9 Å². The highest BCUT2D eigenvalue weighted by Gasteiger charge is 2.27. The molecule has 0 bridgehead atoms. The molecule has 1 aliphatic rings. The summed E-state index contributed by atoms with van der Waals surface area (Å²) in [6.45, 7) is 0.736. The minimum atomic E-state index is -0.543. The third-order valence-electron chi connectivity index (χ3n) is 4.53. The number of ether oxygens (including phenoxy) is 1. The van der Waals surface area contributed by atoms with Crippen LogP contribution in [0.2, 0.25) is 0 Å². The Morgan fingerprint density at radius 3 is 2.44 bits per heavy atom. The molecule has 7 nitrogen and oxygen atoms in total. The van der Waals surface area contributed by atoms with Crippen LogP contribution in [-0.4, -0.2) is 42.9 Å². The van der Waals surface area contributed by atoms with Crippen LogP contribution in [0, 0.1) is 0 Å². The third-order valence-corrected chi connectivity index (χ3v) is 4.53. The van der Waals surface area contributed by atoms with Crippen molar-refractivity contribution in [2.24, 2.45) is 5.73 Å². The highest BCUT2D eigenvalue weighted by molar-refractivity contribution is 6.08. The van der Waals surface area contributed by atoms with E-state index >= 15 is 0 Å². The molecule has 0 aliphatic carbocycles. The molecule has 0 spiro atoms. The van der Waals surface area contributed by atoms with E-state index < -0.39 is 5.91 Å². The zero-order valence-corrected chi connectivity index (χ0v) is 15.1. The average Bonchev–Trinajstić information content (AvgIpc) is 3.10. The van der Waals surface area contributed by atoms with Gasteiger partial charge in [0.05, 0.1) is 12.7 Å². The summed E-state index contributed by atoms with van der Waals surface area (Å²) in [6, 6.07) is 13.3. The lowest BCUT2D eigenvalue weighted by atomic mass is 10.1. The van der Waals surface area contributed by atoms with Gasteiger partial charge in [-0.1, -0.05) is 12.1 Å².